The van der Waals surface area contributed by atoms with Gasteiger partial charge in [0, 0.05) is 12.1 Å². The Hall–Kier alpha value is -0.820. The molecule has 2 rings (SSSR count). The van der Waals surface area contributed by atoms with Crippen LogP contribution in [0.5, 0.6) is 5.88 Å². The van der Waals surface area contributed by atoms with E-state index in [0.717, 1.165) is 10.0 Å². The number of aromatic hydroxyl groups is 1. The molecule has 0 atom stereocenters. The molecule has 2 aromatic rings. The van der Waals surface area contributed by atoms with E-state index in [4.69, 9.17) is 0 Å². The van der Waals surface area contributed by atoms with Gasteiger partial charge in [-0.05, 0) is 15.9 Å². The van der Waals surface area contributed by atoms with Gasteiger partial charge in [0.1, 0.15) is 4.60 Å². The Balaban J connectivity index is 2.82. The van der Waals surface area contributed by atoms with Crippen LogP contribution in [0.25, 0.3) is 11.0 Å². The summed E-state index contributed by atoms with van der Waals surface area (Å²) in [7, 11) is 0. The number of rotatable bonds is 1. The third-order valence-electron chi connectivity index (χ3n) is 1.70. The second-order valence-corrected chi connectivity index (χ2v) is 3.79. The van der Waals surface area contributed by atoms with Gasteiger partial charge in [-0.2, -0.15) is 0 Å². The van der Waals surface area contributed by atoms with Gasteiger partial charge in [-0.1, -0.05) is 0 Å². The molecule has 0 radical (unpaired) electrons. The lowest BCUT2D eigenvalue weighted by atomic mass is 10.4. The van der Waals surface area contributed by atoms with Crippen LogP contribution in [0.2, 0.25) is 0 Å². The zero-order valence-corrected chi connectivity index (χ0v) is 8.94. The number of pyridine rings is 1. The molecule has 1 N–H and O–H groups in total. The molecule has 0 aliphatic heterocycles. The summed E-state index contributed by atoms with van der Waals surface area (Å²) in [5, 5.41) is 9.24. The summed E-state index contributed by atoms with van der Waals surface area (Å²) >= 11 is 2.69. The van der Waals surface area contributed by atoms with E-state index in [1.54, 1.807) is 0 Å². The van der Waals surface area contributed by atoms with Gasteiger partial charge < -0.3 is 5.11 Å². The second kappa shape index (κ2) is 3.39. The lowest BCUT2D eigenvalue weighted by Crippen LogP contribution is -1.87. The molecule has 3 nitrogen and oxygen atoms in total. The molecule has 7 heteroatoms. The number of hydrogen-bond acceptors (Lipinski definition) is 3. The van der Waals surface area contributed by atoms with Crippen LogP contribution in [0, 0.1) is 5.82 Å². The number of hydrogen-bond donors (Lipinski definition) is 1. The summed E-state index contributed by atoms with van der Waals surface area (Å²) in [5.74, 6) is -0.914. The minimum absolute atomic E-state index is 0.0333. The molecule has 2 aromatic heterocycles. The molecule has 0 saturated carbocycles. The van der Waals surface area contributed by atoms with Crippen LogP contribution in [0.4, 0.5) is 8.28 Å². The van der Waals surface area contributed by atoms with Crippen molar-refractivity contribution in [1.82, 2.24) is 8.96 Å². The third-order valence-corrected chi connectivity index (χ3v) is 2.78. The standard InChI is InChI=1S/C7H3BrF2N2OS/c8-7-3(9)1-5-4(11-7)2-6(13)12(5)14-10/h1-2,13H. The molecule has 0 bridgehead atoms. The normalized spacial score (nSPS) is 11.1. The molecule has 0 amide bonds. The minimum Gasteiger partial charge on any atom is -0.494 e. The van der Waals surface area contributed by atoms with Crippen molar-refractivity contribution in [2.45, 2.75) is 0 Å². The Kier molecular flexibility index (Phi) is 2.36. The Bertz CT molecular complexity index is 502. The zero-order chi connectivity index (χ0) is 10.3. The fourth-order valence-corrected chi connectivity index (χ4v) is 1.77. The Morgan fingerprint density at radius 1 is 1.50 bits per heavy atom. The molecule has 0 fully saturated rings. The van der Waals surface area contributed by atoms with Gasteiger partial charge in [0.05, 0.1) is 11.0 Å². The van der Waals surface area contributed by atoms with E-state index in [2.05, 4.69) is 20.9 Å². The number of fused-ring (bicyclic) bond motifs is 1. The van der Waals surface area contributed by atoms with Crippen molar-refractivity contribution in [3.8, 4) is 5.88 Å². The van der Waals surface area contributed by atoms with E-state index in [0.29, 0.717) is 5.52 Å². The molecular weight excluding hydrogens is 278 g/mol. The van der Waals surface area contributed by atoms with Crippen molar-refractivity contribution in [3.63, 3.8) is 0 Å². The van der Waals surface area contributed by atoms with Crippen LogP contribution < -0.4 is 0 Å². The SMILES string of the molecule is Oc1cc2nc(Br)c(F)cc2n1SF. The van der Waals surface area contributed by atoms with Gasteiger partial charge in [0.2, 0.25) is 5.88 Å². The summed E-state index contributed by atoms with van der Waals surface area (Å²) in [6.45, 7) is 0. The largest absolute Gasteiger partial charge is 0.494 e. The fraction of sp³-hybridized carbons (Fsp3) is 0. The highest BCUT2D eigenvalue weighted by Gasteiger charge is 2.12. The molecule has 0 aromatic carbocycles. The zero-order valence-electron chi connectivity index (χ0n) is 6.54. The van der Waals surface area contributed by atoms with E-state index in [9.17, 15) is 13.4 Å². The van der Waals surface area contributed by atoms with E-state index >= 15 is 0 Å². The maximum absolute atomic E-state index is 13.0. The van der Waals surface area contributed by atoms with Crippen LogP contribution in [0.3, 0.4) is 0 Å². The first kappa shape index (κ1) is 9.72. The van der Waals surface area contributed by atoms with Crippen LogP contribution >= 0.6 is 28.3 Å². The molecule has 0 spiro atoms. The maximum Gasteiger partial charge on any atom is 0.206 e. The van der Waals surface area contributed by atoms with Crippen LogP contribution in [0.15, 0.2) is 16.7 Å². The topological polar surface area (TPSA) is 38.1 Å². The minimum atomic E-state index is -0.606. The Labute approximate surface area is 90.3 Å². The average Bonchev–Trinajstić information content (AvgIpc) is 2.42. The van der Waals surface area contributed by atoms with Gasteiger partial charge in [-0.15, -0.1) is 3.89 Å². The molecule has 0 aliphatic carbocycles. The predicted octanol–water partition coefficient (Wildman–Crippen LogP) is 3.02. The highest BCUT2D eigenvalue weighted by Crippen LogP contribution is 2.30. The smallest absolute Gasteiger partial charge is 0.206 e. The summed E-state index contributed by atoms with van der Waals surface area (Å²) in [6, 6.07) is 2.35. The van der Waals surface area contributed by atoms with Crippen LogP contribution in [-0.4, -0.2) is 14.1 Å². The Morgan fingerprint density at radius 2 is 2.21 bits per heavy atom. The summed E-state index contributed by atoms with van der Waals surface area (Å²) < 4.78 is 26.3. The fourth-order valence-electron chi connectivity index (χ4n) is 1.12. The first-order chi connectivity index (χ1) is 6.63. The quantitative estimate of drug-likeness (QED) is 0.816. The summed E-state index contributed by atoms with van der Waals surface area (Å²) in [6.07, 6.45) is 0. The average molecular weight is 281 g/mol. The first-order valence-electron chi connectivity index (χ1n) is 3.49. The predicted molar refractivity (Wildman–Crippen MR) is 53.2 cm³/mol. The van der Waals surface area contributed by atoms with Crippen molar-refractivity contribution in [1.29, 1.82) is 0 Å². The molecule has 14 heavy (non-hydrogen) atoms. The van der Waals surface area contributed by atoms with Gasteiger partial charge in [0.25, 0.3) is 0 Å². The third kappa shape index (κ3) is 1.36. The lowest BCUT2D eigenvalue weighted by molar-refractivity contribution is 0.452. The van der Waals surface area contributed by atoms with Crippen LogP contribution in [-0.2, 0) is 0 Å². The Morgan fingerprint density at radius 3 is 2.86 bits per heavy atom. The van der Waals surface area contributed by atoms with Crippen LogP contribution in [0.1, 0.15) is 0 Å². The van der Waals surface area contributed by atoms with Crippen molar-refractivity contribution in [2.75, 3.05) is 0 Å². The van der Waals surface area contributed by atoms with Crippen molar-refractivity contribution < 1.29 is 13.4 Å². The highest BCUT2D eigenvalue weighted by atomic mass is 79.9. The number of aromatic nitrogens is 2. The lowest BCUT2D eigenvalue weighted by Gasteiger charge is -1.98. The molecular formula is C7H3BrF2N2OS. The molecule has 0 aliphatic rings. The first-order valence-corrected chi connectivity index (χ1v) is 4.95. The summed E-state index contributed by atoms with van der Waals surface area (Å²) in [4.78, 5) is 3.79. The van der Waals surface area contributed by atoms with Gasteiger partial charge >= 0.3 is 0 Å². The van der Waals surface area contributed by atoms with Gasteiger partial charge in [0.15, 0.2) is 18.2 Å². The van der Waals surface area contributed by atoms with Crippen molar-refractivity contribution in [2.24, 2.45) is 0 Å². The second-order valence-electron chi connectivity index (χ2n) is 2.53. The number of halogens is 3. The highest BCUT2D eigenvalue weighted by molar-refractivity contribution is 9.10. The molecule has 0 unspecified atom stereocenters. The van der Waals surface area contributed by atoms with E-state index in [1.807, 2.05) is 0 Å². The molecule has 74 valence electrons. The van der Waals surface area contributed by atoms with E-state index in [1.165, 1.54) is 6.07 Å². The molecule has 0 saturated heterocycles. The monoisotopic (exact) mass is 280 g/mol. The van der Waals surface area contributed by atoms with E-state index in [-0.39, 0.29) is 28.3 Å². The van der Waals surface area contributed by atoms with Gasteiger partial charge in [-0.3, -0.25) is 0 Å². The van der Waals surface area contributed by atoms with E-state index < -0.39 is 5.82 Å². The molecule has 2 heterocycles. The van der Waals surface area contributed by atoms with Crippen molar-refractivity contribution in [3.05, 3.63) is 22.6 Å². The number of nitrogens with zero attached hydrogens (tertiary/aromatic N) is 2. The van der Waals surface area contributed by atoms with Crippen molar-refractivity contribution >= 4 is 39.3 Å². The maximum atomic E-state index is 13.0. The summed E-state index contributed by atoms with van der Waals surface area (Å²) in [5.41, 5.74) is 0.511. The van der Waals surface area contributed by atoms with Gasteiger partial charge in [-0.25, -0.2) is 13.3 Å².